The van der Waals surface area contributed by atoms with Crippen molar-refractivity contribution in [3.05, 3.63) is 36.3 Å². The van der Waals surface area contributed by atoms with Crippen LogP contribution in [-0.4, -0.2) is 26.5 Å². The molecule has 0 bridgehead atoms. The van der Waals surface area contributed by atoms with E-state index in [4.69, 9.17) is 4.74 Å². The lowest BCUT2D eigenvalue weighted by atomic mass is 10.2. The maximum absolute atomic E-state index is 12.1. The summed E-state index contributed by atoms with van der Waals surface area (Å²) in [4.78, 5) is 11.3. The Morgan fingerprint density at radius 1 is 1.30 bits per heavy atom. The molecule has 10 heteroatoms. The van der Waals surface area contributed by atoms with E-state index in [0.717, 1.165) is 0 Å². The molecule has 0 fully saturated rings. The topological polar surface area (TPSA) is 74.5 Å². The highest BCUT2D eigenvalue weighted by molar-refractivity contribution is 7.94. The molecule has 0 saturated heterocycles. The predicted octanol–water partition coefficient (Wildman–Crippen LogP) is -0.740. The number of ether oxygens (including phenoxy) is 1. The molecule has 1 aromatic rings. The SMILES string of the molecule is CCOC(=O)c1ccc([I+][N-]S(=O)(=O)C(F)(F)F)cc1. The largest absolute Gasteiger partial charge is 0.482 e. The lowest BCUT2D eigenvalue weighted by Crippen LogP contribution is -3.59. The molecule has 0 atom stereocenters. The van der Waals surface area contributed by atoms with Crippen LogP contribution in [0.4, 0.5) is 13.2 Å². The highest BCUT2D eigenvalue weighted by Crippen LogP contribution is 2.24. The van der Waals surface area contributed by atoms with Crippen molar-refractivity contribution in [2.75, 3.05) is 6.61 Å². The Hall–Kier alpha value is -0.880. The van der Waals surface area contributed by atoms with E-state index in [2.05, 4.69) is 2.94 Å². The molecule has 0 saturated carbocycles. The fraction of sp³-hybridized carbons (Fsp3) is 0.300. The summed E-state index contributed by atoms with van der Waals surface area (Å²) in [6.45, 7) is 1.84. The van der Waals surface area contributed by atoms with Crippen LogP contribution in [-0.2, 0) is 14.8 Å². The van der Waals surface area contributed by atoms with E-state index >= 15 is 0 Å². The van der Waals surface area contributed by atoms with Crippen LogP contribution in [0.15, 0.2) is 24.3 Å². The van der Waals surface area contributed by atoms with Crippen LogP contribution < -0.4 is 21.5 Å². The number of sulfonamides is 1. The van der Waals surface area contributed by atoms with Gasteiger partial charge in [0.1, 0.15) is 0 Å². The van der Waals surface area contributed by atoms with Gasteiger partial charge in [-0.25, -0.2) is 13.2 Å². The molecule has 0 unspecified atom stereocenters. The van der Waals surface area contributed by atoms with Gasteiger partial charge in [0, 0.05) is 0 Å². The van der Waals surface area contributed by atoms with Crippen LogP contribution in [0.25, 0.3) is 2.94 Å². The number of benzene rings is 1. The smallest absolute Gasteiger partial charge is 0.462 e. The van der Waals surface area contributed by atoms with Gasteiger partial charge in [-0.3, -0.25) is 2.94 Å². The van der Waals surface area contributed by atoms with E-state index < -0.39 is 43.0 Å². The summed E-state index contributed by atoms with van der Waals surface area (Å²) in [7, 11) is -5.45. The van der Waals surface area contributed by atoms with Crippen LogP contribution >= 0.6 is 0 Å². The molecular weight excluding hydrogens is 414 g/mol. The van der Waals surface area contributed by atoms with Crippen LogP contribution in [0.5, 0.6) is 0 Å². The summed E-state index contributed by atoms with van der Waals surface area (Å²) in [5.41, 5.74) is -5.14. The average molecular weight is 423 g/mol. The van der Waals surface area contributed by atoms with Crippen LogP contribution in [0.2, 0.25) is 0 Å². The molecule has 0 amide bonds. The van der Waals surface area contributed by atoms with Crippen LogP contribution in [0.3, 0.4) is 0 Å². The number of halogens is 4. The van der Waals surface area contributed by atoms with E-state index in [-0.39, 0.29) is 12.2 Å². The van der Waals surface area contributed by atoms with E-state index in [1.54, 1.807) is 6.92 Å². The molecule has 0 N–H and O–H groups in total. The van der Waals surface area contributed by atoms with Gasteiger partial charge in [0.2, 0.25) is 31.5 Å². The second-order valence-electron chi connectivity index (χ2n) is 3.30. The Morgan fingerprint density at radius 2 is 1.85 bits per heavy atom. The van der Waals surface area contributed by atoms with Gasteiger partial charge in [0.05, 0.1) is 12.2 Å². The second kappa shape index (κ2) is 6.72. The first-order valence-electron chi connectivity index (χ1n) is 5.12. The second-order valence-corrected chi connectivity index (χ2v) is 7.76. The molecule has 20 heavy (non-hydrogen) atoms. The first-order valence-corrected chi connectivity index (χ1v) is 8.60. The number of nitrogens with zero attached hydrogens (tertiary/aromatic N) is 1. The Bertz CT molecular complexity index is 571. The highest BCUT2D eigenvalue weighted by atomic mass is 127. The fourth-order valence-electron chi connectivity index (χ4n) is 0.981. The zero-order valence-electron chi connectivity index (χ0n) is 10.0. The summed E-state index contributed by atoms with van der Waals surface area (Å²) in [6.07, 6.45) is 0. The molecular formula is C10H9F3INO4S. The molecule has 0 aliphatic carbocycles. The van der Waals surface area contributed by atoms with Crippen molar-refractivity contribution in [1.82, 2.24) is 0 Å². The van der Waals surface area contributed by atoms with E-state index in [0.29, 0.717) is 3.57 Å². The third-order valence-electron chi connectivity index (χ3n) is 1.87. The monoisotopic (exact) mass is 423 g/mol. The molecule has 0 aromatic heterocycles. The average Bonchev–Trinajstić information content (AvgIpc) is 2.36. The number of alkyl halides is 3. The molecule has 1 rings (SSSR count). The van der Waals surface area contributed by atoms with Crippen molar-refractivity contribution < 1.29 is 52.6 Å². The zero-order chi connectivity index (χ0) is 15.4. The minimum Gasteiger partial charge on any atom is -0.462 e. The third kappa shape index (κ3) is 4.59. The molecule has 0 heterocycles. The number of carbonyl (C=O) groups excluding carboxylic acids is 1. The maximum Gasteiger partial charge on any atom is 0.482 e. The zero-order valence-corrected chi connectivity index (χ0v) is 13.0. The Morgan fingerprint density at radius 3 is 2.30 bits per heavy atom. The van der Waals surface area contributed by atoms with Gasteiger partial charge in [-0.05, 0) is 31.2 Å². The van der Waals surface area contributed by atoms with E-state index in [1.807, 2.05) is 0 Å². The normalized spacial score (nSPS) is 12.2. The fourth-order valence-corrected chi connectivity index (χ4v) is 4.04. The van der Waals surface area contributed by atoms with E-state index in [9.17, 15) is 26.4 Å². The molecule has 0 aliphatic rings. The van der Waals surface area contributed by atoms with Gasteiger partial charge in [0.15, 0.2) is 3.57 Å². The quantitative estimate of drug-likeness (QED) is 0.462. The summed E-state index contributed by atoms with van der Waals surface area (Å²) < 4.78 is 65.5. The minimum atomic E-state index is -5.45. The lowest BCUT2D eigenvalue weighted by Gasteiger charge is -2.11. The molecule has 0 radical (unpaired) electrons. The Balaban J connectivity index is 2.70. The first kappa shape index (κ1) is 17.2. The van der Waals surface area contributed by atoms with Crippen molar-refractivity contribution in [3.63, 3.8) is 0 Å². The van der Waals surface area contributed by atoms with Gasteiger partial charge >= 0.3 is 11.5 Å². The number of hydrogen-bond donors (Lipinski definition) is 0. The van der Waals surface area contributed by atoms with Crippen molar-refractivity contribution in [2.24, 2.45) is 0 Å². The summed E-state index contributed by atoms with van der Waals surface area (Å²) >= 11 is -1.70. The maximum atomic E-state index is 12.1. The molecule has 0 spiro atoms. The van der Waals surface area contributed by atoms with Gasteiger partial charge in [0.25, 0.3) is 0 Å². The molecule has 112 valence electrons. The first-order chi connectivity index (χ1) is 9.17. The number of esters is 1. The van der Waals surface area contributed by atoms with Gasteiger partial charge in [-0.1, -0.05) is 0 Å². The molecule has 5 nitrogen and oxygen atoms in total. The molecule has 1 aromatic carbocycles. The number of rotatable bonds is 5. The number of carbonyl (C=O) groups is 1. The molecule has 0 aliphatic heterocycles. The van der Waals surface area contributed by atoms with Crippen LogP contribution in [0.1, 0.15) is 17.3 Å². The number of hydrogen-bond acceptors (Lipinski definition) is 4. The van der Waals surface area contributed by atoms with Crippen LogP contribution in [0, 0.1) is 3.57 Å². The summed E-state index contributed by atoms with van der Waals surface area (Å²) in [5.74, 6) is -0.558. The van der Waals surface area contributed by atoms with Crippen molar-refractivity contribution in [2.45, 2.75) is 12.4 Å². The third-order valence-corrected chi connectivity index (χ3v) is 6.13. The standard InChI is InChI=1S/C10H9F3INO4S/c1-2-19-9(16)7-3-5-8(6-4-7)14-15-20(17,18)10(11,12)13/h3-6H,2H2,1H3. The van der Waals surface area contributed by atoms with E-state index in [1.165, 1.54) is 24.3 Å². The van der Waals surface area contributed by atoms with Gasteiger partial charge < -0.3 is 4.74 Å². The lowest BCUT2D eigenvalue weighted by molar-refractivity contribution is -0.567. The van der Waals surface area contributed by atoms with Gasteiger partial charge in [-0.15, -0.1) is 0 Å². The minimum absolute atomic E-state index is 0.201. The van der Waals surface area contributed by atoms with Crippen molar-refractivity contribution in [1.29, 1.82) is 0 Å². The summed E-state index contributed by atoms with van der Waals surface area (Å²) in [5, 5.41) is 0. The predicted molar refractivity (Wildman–Crippen MR) is 59.4 cm³/mol. The summed E-state index contributed by atoms with van der Waals surface area (Å²) in [6, 6.07) is 5.41. The van der Waals surface area contributed by atoms with Crippen molar-refractivity contribution >= 4 is 16.0 Å². The van der Waals surface area contributed by atoms with Gasteiger partial charge in [-0.2, -0.15) is 13.2 Å². The van der Waals surface area contributed by atoms with Crippen molar-refractivity contribution in [3.8, 4) is 0 Å². The Kier molecular flexibility index (Phi) is 5.77. The highest BCUT2D eigenvalue weighted by Gasteiger charge is 2.41. The Labute approximate surface area is 124 Å².